The highest BCUT2D eigenvalue weighted by Gasteiger charge is 2.16. The Morgan fingerprint density at radius 2 is 1.67 bits per heavy atom. The molecule has 0 atom stereocenters. The van der Waals surface area contributed by atoms with E-state index >= 15 is 0 Å². The lowest BCUT2D eigenvalue weighted by Gasteiger charge is -2.19. The van der Waals surface area contributed by atoms with Crippen LogP contribution in [0, 0.1) is 6.92 Å². The molecule has 8 heteroatoms. The summed E-state index contributed by atoms with van der Waals surface area (Å²) in [5.74, 6) is 0.280. The second-order valence-corrected chi connectivity index (χ2v) is 10.3. The highest BCUT2D eigenvalue weighted by atomic mass is 32.2. The van der Waals surface area contributed by atoms with Crippen molar-refractivity contribution in [1.29, 1.82) is 0 Å². The number of aryl methyl sites for hydroxylation is 1. The number of fused-ring (bicyclic) bond motifs is 1. The van der Waals surface area contributed by atoms with Gasteiger partial charge in [0, 0.05) is 23.6 Å². The minimum absolute atomic E-state index is 0.204. The van der Waals surface area contributed by atoms with E-state index in [-0.39, 0.29) is 24.4 Å². The zero-order valence-corrected chi connectivity index (χ0v) is 21.9. The highest BCUT2D eigenvalue weighted by Crippen LogP contribution is 2.28. The molecule has 0 radical (unpaired) electrons. The fraction of sp³-hybridized carbons (Fsp3) is 0.429. The third kappa shape index (κ3) is 6.62. The maximum atomic E-state index is 13.4. The van der Waals surface area contributed by atoms with Gasteiger partial charge in [-0.1, -0.05) is 50.1 Å². The molecule has 36 heavy (non-hydrogen) atoms. The van der Waals surface area contributed by atoms with Crippen molar-refractivity contribution < 1.29 is 9.59 Å². The second-order valence-electron chi connectivity index (χ2n) is 9.32. The molecule has 4 rings (SSSR count). The van der Waals surface area contributed by atoms with Crippen LogP contribution >= 0.6 is 11.8 Å². The molecule has 0 spiro atoms. The van der Waals surface area contributed by atoms with Crippen LogP contribution in [0.3, 0.4) is 0 Å². The summed E-state index contributed by atoms with van der Waals surface area (Å²) in [5.41, 5.74) is 2.86. The molecule has 1 fully saturated rings. The highest BCUT2D eigenvalue weighted by molar-refractivity contribution is 7.98. The average molecular weight is 507 g/mol. The van der Waals surface area contributed by atoms with Crippen molar-refractivity contribution >= 4 is 34.5 Å². The predicted octanol–water partition coefficient (Wildman–Crippen LogP) is 4.43. The molecule has 2 amide bonds. The Morgan fingerprint density at radius 3 is 2.36 bits per heavy atom. The van der Waals surface area contributed by atoms with Crippen LogP contribution in [-0.4, -0.2) is 39.4 Å². The van der Waals surface area contributed by atoms with E-state index in [0.717, 1.165) is 17.2 Å². The SMILES string of the molecule is CCC(=O)NC(=O)Cn1c(C)nc2cccc(SCc3ccc(CN4CCCCCC4)cc3)c2c1=O. The molecular weight excluding hydrogens is 472 g/mol. The van der Waals surface area contributed by atoms with Gasteiger partial charge in [0.2, 0.25) is 11.8 Å². The van der Waals surface area contributed by atoms with E-state index in [4.69, 9.17) is 0 Å². The number of thioether (sulfide) groups is 1. The number of nitrogens with zero attached hydrogens (tertiary/aromatic N) is 3. The van der Waals surface area contributed by atoms with Crippen molar-refractivity contribution in [3.63, 3.8) is 0 Å². The summed E-state index contributed by atoms with van der Waals surface area (Å²) in [5, 5.41) is 2.80. The maximum absolute atomic E-state index is 13.4. The molecule has 7 nitrogen and oxygen atoms in total. The van der Waals surface area contributed by atoms with Gasteiger partial charge in [-0.15, -0.1) is 11.8 Å². The van der Waals surface area contributed by atoms with Crippen LogP contribution < -0.4 is 10.9 Å². The van der Waals surface area contributed by atoms with Crippen LogP contribution in [0.4, 0.5) is 0 Å². The fourth-order valence-corrected chi connectivity index (χ4v) is 5.56. The lowest BCUT2D eigenvalue weighted by molar-refractivity contribution is -0.130. The predicted molar refractivity (Wildman–Crippen MR) is 144 cm³/mol. The number of nitrogens with one attached hydrogen (secondary N) is 1. The topological polar surface area (TPSA) is 84.3 Å². The third-order valence-electron chi connectivity index (χ3n) is 6.56. The van der Waals surface area contributed by atoms with Crippen molar-refractivity contribution in [3.05, 3.63) is 69.8 Å². The molecule has 1 saturated heterocycles. The smallest absolute Gasteiger partial charge is 0.263 e. The van der Waals surface area contributed by atoms with Crippen LogP contribution in [0.25, 0.3) is 10.9 Å². The van der Waals surface area contributed by atoms with E-state index in [1.165, 1.54) is 54.5 Å². The molecule has 1 aromatic heterocycles. The van der Waals surface area contributed by atoms with Gasteiger partial charge in [-0.2, -0.15) is 0 Å². The largest absolute Gasteiger partial charge is 0.299 e. The third-order valence-corrected chi connectivity index (χ3v) is 7.69. The summed E-state index contributed by atoms with van der Waals surface area (Å²) < 4.78 is 1.34. The Bertz CT molecular complexity index is 1280. The monoisotopic (exact) mass is 506 g/mol. The standard InChI is InChI=1S/C28H34N4O3S/c1-3-25(33)30-26(34)18-32-20(2)29-23-9-8-10-24(27(23)28(32)35)36-19-22-13-11-21(12-14-22)17-31-15-6-4-5-7-16-31/h8-14H,3-7,15-19H2,1-2H3,(H,30,33,34). The Labute approximate surface area is 216 Å². The number of aromatic nitrogens is 2. The number of amides is 2. The lowest BCUT2D eigenvalue weighted by atomic mass is 10.1. The van der Waals surface area contributed by atoms with Crippen LogP contribution in [0.5, 0.6) is 0 Å². The van der Waals surface area contributed by atoms with Gasteiger partial charge in [-0.05, 0) is 56.1 Å². The van der Waals surface area contributed by atoms with E-state index in [0.29, 0.717) is 16.7 Å². The van der Waals surface area contributed by atoms with E-state index in [2.05, 4.69) is 39.5 Å². The molecule has 0 bridgehead atoms. The number of rotatable bonds is 8. The Balaban J connectivity index is 1.48. The van der Waals surface area contributed by atoms with Gasteiger partial charge in [0.05, 0.1) is 10.9 Å². The van der Waals surface area contributed by atoms with Gasteiger partial charge < -0.3 is 0 Å². The first-order chi connectivity index (χ1) is 17.4. The molecule has 0 unspecified atom stereocenters. The van der Waals surface area contributed by atoms with Crippen LogP contribution in [0.2, 0.25) is 0 Å². The zero-order valence-electron chi connectivity index (χ0n) is 21.1. The van der Waals surface area contributed by atoms with E-state index in [1.54, 1.807) is 25.6 Å². The van der Waals surface area contributed by atoms with Gasteiger partial charge in [0.25, 0.3) is 5.56 Å². The van der Waals surface area contributed by atoms with Gasteiger partial charge in [0.15, 0.2) is 0 Å². The van der Waals surface area contributed by atoms with Crippen molar-refractivity contribution in [2.75, 3.05) is 13.1 Å². The van der Waals surface area contributed by atoms with Gasteiger partial charge in [-0.3, -0.25) is 29.2 Å². The van der Waals surface area contributed by atoms with Crippen molar-refractivity contribution in [1.82, 2.24) is 19.8 Å². The summed E-state index contributed by atoms with van der Waals surface area (Å²) >= 11 is 1.59. The minimum Gasteiger partial charge on any atom is -0.299 e. The molecule has 0 saturated carbocycles. The van der Waals surface area contributed by atoms with Crippen LogP contribution in [-0.2, 0) is 28.4 Å². The summed E-state index contributed by atoms with van der Waals surface area (Å²) in [7, 11) is 0. The number of likely N-dealkylation sites (tertiary alicyclic amines) is 1. The Kier molecular flexibility index (Phi) is 8.93. The first kappa shape index (κ1) is 26.1. The number of hydrogen-bond donors (Lipinski definition) is 1. The maximum Gasteiger partial charge on any atom is 0.263 e. The number of carbonyl (C=O) groups excluding carboxylic acids is 2. The van der Waals surface area contributed by atoms with Crippen molar-refractivity contribution in [3.8, 4) is 0 Å². The molecule has 3 aromatic rings. The van der Waals surface area contributed by atoms with Crippen molar-refractivity contribution in [2.45, 2.75) is 69.7 Å². The summed E-state index contributed by atoms with van der Waals surface area (Å²) in [6.45, 7) is 6.49. The summed E-state index contributed by atoms with van der Waals surface area (Å²) in [4.78, 5) is 45.1. The van der Waals surface area contributed by atoms with Gasteiger partial charge >= 0.3 is 0 Å². The second kappa shape index (κ2) is 12.3. The molecule has 0 aliphatic carbocycles. The van der Waals surface area contributed by atoms with E-state index in [1.807, 2.05) is 18.2 Å². The first-order valence-electron chi connectivity index (χ1n) is 12.7. The number of hydrogen-bond acceptors (Lipinski definition) is 6. The quantitative estimate of drug-likeness (QED) is 0.455. The summed E-state index contributed by atoms with van der Waals surface area (Å²) in [6.07, 6.45) is 5.46. The Hall–Kier alpha value is -2.97. The average Bonchev–Trinajstić information content (AvgIpc) is 3.14. The van der Waals surface area contributed by atoms with Crippen LogP contribution in [0.15, 0.2) is 52.2 Å². The molecule has 1 aliphatic heterocycles. The summed E-state index contributed by atoms with van der Waals surface area (Å²) in [6, 6.07) is 14.4. The van der Waals surface area contributed by atoms with Crippen molar-refractivity contribution in [2.24, 2.45) is 0 Å². The normalized spacial score (nSPS) is 14.5. The fourth-order valence-electron chi connectivity index (χ4n) is 4.53. The molecule has 2 heterocycles. The Morgan fingerprint density at radius 1 is 0.972 bits per heavy atom. The zero-order chi connectivity index (χ0) is 25.5. The molecule has 190 valence electrons. The van der Waals surface area contributed by atoms with Gasteiger partial charge in [0.1, 0.15) is 12.4 Å². The molecule has 1 aliphatic rings. The van der Waals surface area contributed by atoms with Gasteiger partial charge in [-0.25, -0.2) is 4.98 Å². The molecule has 2 aromatic carbocycles. The first-order valence-corrected chi connectivity index (χ1v) is 13.7. The number of carbonyl (C=O) groups is 2. The molecular formula is C28H34N4O3S. The number of imide groups is 1. The van der Waals surface area contributed by atoms with E-state index in [9.17, 15) is 14.4 Å². The number of benzene rings is 2. The lowest BCUT2D eigenvalue weighted by Crippen LogP contribution is -2.36. The minimum atomic E-state index is -0.515. The van der Waals surface area contributed by atoms with Crippen LogP contribution in [0.1, 0.15) is 56.0 Å². The molecule has 1 N–H and O–H groups in total. The van der Waals surface area contributed by atoms with E-state index < -0.39 is 5.91 Å².